The van der Waals surface area contributed by atoms with E-state index < -0.39 is 10.0 Å². The summed E-state index contributed by atoms with van der Waals surface area (Å²) < 4.78 is 34.0. The molecule has 208 valence electrons. The lowest BCUT2D eigenvalue weighted by Gasteiger charge is -2.25. The number of aryl methyl sites for hydroxylation is 1. The van der Waals surface area contributed by atoms with Crippen LogP contribution in [0.4, 0.5) is 0 Å². The van der Waals surface area contributed by atoms with E-state index in [9.17, 15) is 13.2 Å². The molecule has 2 aromatic carbocycles. The van der Waals surface area contributed by atoms with Gasteiger partial charge in [-0.05, 0) is 42.3 Å². The first-order valence-corrected chi connectivity index (χ1v) is 14.9. The summed E-state index contributed by atoms with van der Waals surface area (Å²) in [6.45, 7) is 4.32. The molecule has 9 heteroatoms. The van der Waals surface area contributed by atoms with E-state index in [1.54, 1.807) is 56.0 Å². The number of pyridine rings is 2. The molecule has 1 saturated heterocycles. The first-order valence-electron chi connectivity index (χ1n) is 13.5. The molecule has 0 aliphatic carbocycles. The molecule has 0 atom stereocenters. The Kier molecular flexibility index (Phi) is 7.15. The van der Waals surface area contributed by atoms with Gasteiger partial charge in [-0.15, -0.1) is 0 Å². The predicted molar refractivity (Wildman–Crippen MR) is 158 cm³/mol. The minimum absolute atomic E-state index is 0.193. The minimum Gasteiger partial charge on any atom is -0.481 e. The summed E-state index contributed by atoms with van der Waals surface area (Å²) in [4.78, 5) is 23.1. The summed E-state index contributed by atoms with van der Waals surface area (Å²) in [6.07, 6.45) is 6.24. The Morgan fingerprint density at radius 3 is 2.20 bits per heavy atom. The molecule has 1 aliphatic heterocycles. The van der Waals surface area contributed by atoms with Crippen molar-refractivity contribution in [2.24, 2.45) is 0 Å². The van der Waals surface area contributed by atoms with Gasteiger partial charge in [0.05, 0.1) is 12.0 Å². The molecule has 4 heterocycles. The number of Topliss-reactive ketones (excluding diaryl/α,β-unsaturated/α-hetero) is 1. The smallest absolute Gasteiger partial charge is 0.269 e. The Bertz CT molecular complexity index is 1820. The molecule has 41 heavy (non-hydrogen) atoms. The standard InChI is InChI=1S/C32H30N4O4S/c1-22-3-10-28(11-4-22)41(38,39)36-21-30(25-9-12-31(40-2)33-18-25)29-17-26(19-34-32(29)36)24-7-5-23(6-8-24)20-35-15-13-27(37)14-16-35/h3-12,17-19,21H,13-16,20H2,1-2H3. The van der Waals surface area contributed by atoms with Gasteiger partial charge in [0, 0.05) is 79.2 Å². The van der Waals surface area contributed by atoms with E-state index >= 15 is 0 Å². The molecular weight excluding hydrogens is 536 g/mol. The maximum absolute atomic E-state index is 13.7. The number of ketones is 1. The summed E-state index contributed by atoms with van der Waals surface area (Å²) in [5.74, 6) is 0.810. The highest BCUT2D eigenvalue weighted by molar-refractivity contribution is 7.90. The maximum atomic E-state index is 13.7. The van der Waals surface area contributed by atoms with Crippen molar-refractivity contribution in [3.8, 4) is 28.1 Å². The number of carbonyl (C=O) groups is 1. The summed E-state index contributed by atoms with van der Waals surface area (Å²) in [6, 6.07) is 20.7. The third kappa shape index (κ3) is 5.38. The quantitative estimate of drug-likeness (QED) is 0.257. The van der Waals surface area contributed by atoms with Gasteiger partial charge in [0.25, 0.3) is 10.0 Å². The van der Waals surface area contributed by atoms with Crippen LogP contribution in [0.5, 0.6) is 5.88 Å². The lowest BCUT2D eigenvalue weighted by Crippen LogP contribution is -2.33. The van der Waals surface area contributed by atoms with Crippen LogP contribution in [0.1, 0.15) is 24.0 Å². The molecular formula is C32H30N4O4S. The third-order valence-corrected chi connectivity index (χ3v) is 9.22. The Balaban J connectivity index is 1.40. The van der Waals surface area contributed by atoms with Gasteiger partial charge in [0.15, 0.2) is 5.65 Å². The van der Waals surface area contributed by atoms with Gasteiger partial charge >= 0.3 is 0 Å². The Morgan fingerprint density at radius 1 is 0.854 bits per heavy atom. The second-order valence-corrected chi connectivity index (χ2v) is 12.2. The molecule has 1 aliphatic rings. The van der Waals surface area contributed by atoms with E-state index in [0.717, 1.165) is 41.9 Å². The number of piperidine rings is 1. The van der Waals surface area contributed by atoms with Gasteiger partial charge in [-0.3, -0.25) is 9.69 Å². The van der Waals surface area contributed by atoms with Crippen molar-refractivity contribution in [1.82, 2.24) is 18.8 Å². The number of aromatic nitrogens is 3. The van der Waals surface area contributed by atoms with E-state index in [1.165, 1.54) is 9.54 Å². The van der Waals surface area contributed by atoms with Crippen LogP contribution >= 0.6 is 0 Å². The summed E-state index contributed by atoms with van der Waals surface area (Å²) in [7, 11) is -2.35. The van der Waals surface area contributed by atoms with Crippen LogP contribution in [-0.4, -0.2) is 53.2 Å². The van der Waals surface area contributed by atoms with Crippen LogP contribution in [0.15, 0.2) is 90.2 Å². The fourth-order valence-corrected chi connectivity index (χ4v) is 6.48. The van der Waals surface area contributed by atoms with Gasteiger partial charge in [-0.1, -0.05) is 42.0 Å². The zero-order valence-corrected chi connectivity index (χ0v) is 23.8. The summed E-state index contributed by atoms with van der Waals surface area (Å²) in [5.41, 5.74) is 5.81. The topological polar surface area (TPSA) is 94.4 Å². The molecule has 0 N–H and O–H groups in total. The fourth-order valence-electron chi connectivity index (χ4n) is 5.16. The normalized spacial score (nSPS) is 14.4. The van der Waals surface area contributed by atoms with Crippen LogP contribution in [0.3, 0.4) is 0 Å². The number of ether oxygens (including phenoxy) is 1. The average molecular weight is 567 g/mol. The fraction of sp³-hybridized carbons (Fsp3) is 0.219. The molecule has 0 bridgehead atoms. The Labute approximate surface area is 239 Å². The first kappa shape index (κ1) is 26.9. The SMILES string of the molecule is COc1ccc(-c2cn(S(=O)(=O)c3ccc(C)cc3)c3ncc(-c4ccc(CN5CCC(=O)CC5)cc4)cc23)cn1. The van der Waals surface area contributed by atoms with E-state index in [0.29, 0.717) is 41.1 Å². The number of nitrogens with zero attached hydrogens (tertiary/aromatic N) is 4. The number of carbonyl (C=O) groups excluding carboxylic acids is 1. The predicted octanol–water partition coefficient (Wildman–Crippen LogP) is 5.48. The monoisotopic (exact) mass is 566 g/mol. The number of benzene rings is 2. The van der Waals surface area contributed by atoms with Crippen molar-refractivity contribution in [2.75, 3.05) is 20.2 Å². The first-order chi connectivity index (χ1) is 19.8. The van der Waals surface area contributed by atoms with Crippen LogP contribution < -0.4 is 4.74 Å². The zero-order chi connectivity index (χ0) is 28.6. The molecule has 8 nitrogen and oxygen atoms in total. The number of hydrogen-bond donors (Lipinski definition) is 0. The number of likely N-dealkylation sites (tertiary alicyclic amines) is 1. The van der Waals surface area contributed by atoms with E-state index in [2.05, 4.69) is 39.1 Å². The Morgan fingerprint density at radius 2 is 1.54 bits per heavy atom. The van der Waals surface area contributed by atoms with Crippen molar-refractivity contribution in [1.29, 1.82) is 0 Å². The van der Waals surface area contributed by atoms with Crippen LogP contribution in [0.25, 0.3) is 33.3 Å². The molecule has 3 aromatic heterocycles. The third-order valence-electron chi connectivity index (χ3n) is 7.55. The molecule has 0 amide bonds. The highest BCUT2D eigenvalue weighted by Gasteiger charge is 2.24. The maximum Gasteiger partial charge on any atom is 0.269 e. The van der Waals surface area contributed by atoms with Crippen molar-refractivity contribution in [3.05, 3.63) is 96.4 Å². The zero-order valence-electron chi connectivity index (χ0n) is 22.9. The van der Waals surface area contributed by atoms with Gasteiger partial charge < -0.3 is 4.74 Å². The number of hydrogen-bond acceptors (Lipinski definition) is 7. The number of rotatable bonds is 7. The highest BCUT2D eigenvalue weighted by atomic mass is 32.2. The van der Waals surface area contributed by atoms with Crippen molar-refractivity contribution >= 4 is 26.8 Å². The van der Waals surface area contributed by atoms with E-state index in [1.807, 2.05) is 19.1 Å². The van der Waals surface area contributed by atoms with Crippen molar-refractivity contribution in [2.45, 2.75) is 31.2 Å². The van der Waals surface area contributed by atoms with Crippen molar-refractivity contribution in [3.63, 3.8) is 0 Å². The van der Waals surface area contributed by atoms with Crippen LogP contribution in [0.2, 0.25) is 0 Å². The summed E-state index contributed by atoms with van der Waals surface area (Å²) in [5, 5.41) is 0.701. The lowest BCUT2D eigenvalue weighted by atomic mass is 10.0. The minimum atomic E-state index is -3.90. The lowest BCUT2D eigenvalue weighted by molar-refractivity contribution is -0.121. The van der Waals surface area contributed by atoms with Crippen LogP contribution in [0, 0.1) is 6.92 Å². The highest BCUT2D eigenvalue weighted by Crippen LogP contribution is 2.35. The van der Waals surface area contributed by atoms with Crippen LogP contribution in [-0.2, 0) is 21.4 Å². The average Bonchev–Trinajstić information content (AvgIpc) is 3.39. The number of methoxy groups -OCH3 is 1. The summed E-state index contributed by atoms with van der Waals surface area (Å²) >= 11 is 0. The molecule has 5 aromatic rings. The molecule has 1 fully saturated rings. The van der Waals surface area contributed by atoms with Gasteiger partial charge in [0.2, 0.25) is 5.88 Å². The molecule has 0 radical (unpaired) electrons. The Hall–Kier alpha value is -4.34. The van der Waals surface area contributed by atoms with Gasteiger partial charge in [-0.2, -0.15) is 0 Å². The van der Waals surface area contributed by atoms with Gasteiger partial charge in [0.1, 0.15) is 5.78 Å². The van der Waals surface area contributed by atoms with Crippen molar-refractivity contribution < 1.29 is 17.9 Å². The van der Waals surface area contributed by atoms with Gasteiger partial charge in [-0.25, -0.2) is 22.4 Å². The molecule has 6 rings (SSSR count). The largest absolute Gasteiger partial charge is 0.481 e. The second kappa shape index (κ2) is 10.9. The van der Waals surface area contributed by atoms with E-state index in [-0.39, 0.29) is 4.90 Å². The second-order valence-electron chi connectivity index (χ2n) is 10.4. The number of fused-ring (bicyclic) bond motifs is 1. The molecule has 0 unspecified atom stereocenters. The van der Waals surface area contributed by atoms with E-state index in [4.69, 9.17) is 4.74 Å². The molecule has 0 spiro atoms. The molecule has 0 saturated carbocycles.